The van der Waals surface area contributed by atoms with Crippen LogP contribution < -0.4 is 10.5 Å². The van der Waals surface area contributed by atoms with Crippen LogP contribution in [0.25, 0.3) is 0 Å². The van der Waals surface area contributed by atoms with Crippen LogP contribution in [0.4, 0.5) is 0 Å². The molecule has 0 bridgehead atoms. The van der Waals surface area contributed by atoms with Gasteiger partial charge in [-0.25, -0.2) is 0 Å². The molecule has 37 valence electrons. The van der Waals surface area contributed by atoms with Gasteiger partial charge in [0.15, 0.2) is 13.3 Å². The quantitative estimate of drug-likeness (QED) is 0.227. The maximum absolute atomic E-state index is 4.97. The molecular formula is C2H5B3N3. The lowest BCUT2D eigenvalue weighted by atomic mass is 9.67. The number of nitrogens with one attached hydrogen (secondary N) is 2. The summed E-state index contributed by atoms with van der Waals surface area (Å²) in [5, 5.41) is 5.20. The van der Waals surface area contributed by atoms with Crippen molar-refractivity contribution in [1.29, 1.82) is 0 Å². The van der Waals surface area contributed by atoms with Crippen LogP contribution in [-0.4, -0.2) is 36.0 Å². The summed E-state index contributed by atoms with van der Waals surface area (Å²) >= 11 is 0. The van der Waals surface area contributed by atoms with Crippen LogP contribution in [-0.2, 0) is 0 Å². The van der Waals surface area contributed by atoms with Crippen LogP contribution in [0.3, 0.4) is 0 Å². The van der Waals surface area contributed by atoms with Crippen LogP contribution in [0, 0.1) is 0 Å². The molecule has 0 aromatic carbocycles. The van der Waals surface area contributed by atoms with Gasteiger partial charge in [-0.2, -0.15) is 0 Å². The van der Waals surface area contributed by atoms with Gasteiger partial charge in [-0.05, 0) is 0 Å². The number of hydrogen-bond acceptors (Lipinski definition) is 1. The van der Waals surface area contributed by atoms with E-state index in [0.717, 1.165) is 0 Å². The lowest BCUT2D eigenvalue weighted by Gasteiger charge is -2.03. The summed E-state index contributed by atoms with van der Waals surface area (Å²) in [6.45, 7) is 0. The first-order valence-electron chi connectivity index (χ1n) is 2.10. The van der Waals surface area contributed by atoms with Crippen LogP contribution in [0.1, 0.15) is 0 Å². The van der Waals surface area contributed by atoms with Gasteiger partial charge < -0.3 is 15.4 Å². The van der Waals surface area contributed by atoms with E-state index in [9.17, 15) is 0 Å². The number of rotatable bonds is 1. The molecule has 0 fully saturated rings. The van der Waals surface area contributed by atoms with Gasteiger partial charge in [0.2, 0.25) is 0 Å². The second-order valence-electron chi connectivity index (χ2n) is 1.04. The molecule has 0 aromatic heterocycles. The van der Waals surface area contributed by atoms with Gasteiger partial charge in [-0.1, -0.05) is 0 Å². The molecule has 0 atom stereocenters. The second-order valence-corrected chi connectivity index (χ2v) is 1.04. The minimum atomic E-state index is 0.438. The molecular weight excluding hydrogens is 98.5 g/mol. The molecule has 0 amide bonds. The molecule has 0 saturated carbocycles. The summed E-state index contributed by atoms with van der Waals surface area (Å²) in [5.41, 5.74) is 0. The Labute approximate surface area is 52.4 Å². The molecule has 5 radical (unpaired) electrons. The van der Waals surface area contributed by atoms with Crippen LogP contribution in [0.5, 0.6) is 0 Å². The summed E-state index contributed by atoms with van der Waals surface area (Å²) in [6.07, 6.45) is 0. The van der Waals surface area contributed by atoms with E-state index in [-0.39, 0.29) is 0 Å². The zero-order valence-electron chi connectivity index (χ0n) is 4.68. The maximum Gasteiger partial charge on any atom is 0.264 e. The van der Waals surface area contributed by atoms with E-state index in [2.05, 4.69) is 15.4 Å². The van der Waals surface area contributed by atoms with E-state index in [1.54, 1.807) is 7.05 Å². The Hall–Kier alpha value is -0.535. The molecule has 0 heterocycles. The van der Waals surface area contributed by atoms with E-state index in [4.69, 9.17) is 15.7 Å². The van der Waals surface area contributed by atoms with Crippen molar-refractivity contribution in [3.63, 3.8) is 0 Å². The second kappa shape index (κ2) is 4.62. The van der Waals surface area contributed by atoms with E-state index >= 15 is 0 Å². The fourth-order valence-corrected chi connectivity index (χ4v) is 0.253. The molecule has 0 unspecified atom stereocenters. The van der Waals surface area contributed by atoms with E-state index in [1.807, 2.05) is 0 Å². The zero-order chi connectivity index (χ0) is 6.41. The first-order valence-corrected chi connectivity index (χ1v) is 2.10. The molecule has 0 aliphatic carbocycles. The SMILES string of the molecule is [B][B]NC(=N[B])NC. The Balaban J connectivity index is 3.38. The average Bonchev–Trinajstić information content (AvgIpc) is 1.83. The van der Waals surface area contributed by atoms with Crippen LogP contribution in [0.15, 0.2) is 4.90 Å². The average molecular weight is 104 g/mol. The summed E-state index contributed by atoms with van der Waals surface area (Å²) in [5.74, 6) is 0.438. The Bertz CT molecular complexity index is 82.6. The summed E-state index contributed by atoms with van der Waals surface area (Å²) in [4.78, 5) is 3.28. The van der Waals surface area contributed by atoms with Gasteiger partial charge >= 0.3 is 0 Å². The van der Waals surface area contributed by atoms with Gasteiger partial charge in [0.05, 0.1) is 0 Å². The Kier molecular flexibility index (Phi) is 4.31. The maximum atomic E-state index is 4.97. The number of guanidine groups is 1. The highest BCUT2D eigenvalue weighted by Crippen LogP contribution is 1.55. The zero-order valence-corrected chi connectivity index (χ0v) is 4.68. The van der Waals surface area contributed by atoms with Crippen molar-refractivity contribution in [1.82, 2.24) is 10.5 Å². The largest absolute Gasteiger partial charge is 0.414 e. The van der Waals surface area contributed by atoms with Crippen molar-refractivity contribution in [3.8, 4) is 0 Å². The van der Waals surface area contributed by atoms with Crippen molar-refractivity contribution in [2.75, 3.05) is 7.05 Å². The molecule has 6 heteroatoms. The standard InChI is InChI=1S/C2H5B3N3/c1-6-2(7-4)8-5-3/h1H3,(H2,6,7,8). The summed E-state index contributed by atoms with van der Waals surface area (Å²) < 4.78 is 0. The minimum Gasteiger partial charge on any atom is -0.414 e. The van der Waals surface area contributed by atoms with Crippen molar-refractivity contribution in [2.45, 2.75) is 0 Å². The van der Waals surface area contributed by atoms with Crippen molar-refractivity contribution in [2.24, 2.45) is 4.90 Å². The Morgan fingerprint density at radius 2 is 2.38 bits per heavy atom. The molecule has 2 N–H and O–H groups in total. The molecule has 3 nitrogen and oxygen atoms in total. The Morgan fingerprint density at radius 3 is 2.50 bits per heavy atom. The Morgan fingerprint density at radius 1 is 1.75 bits per heavy atom. The van der Waals surface area contributed by atoms with Crippen LogP contribution in [0.2, 0.25) is 0 Å². The van der Waals surface area contributed by atoms with Gasteiger partial charge in [0.1, 0.15) is 0 Å². The lowest BCUT2D eigenvalue weighted by Crippen LogP contribution is -2.37. The predicted octanol–water partition coefficient (Wildman–Crippen LogP) is -2.06. The minimum absolute atomic E-state index is 0.438. The number of nitrogens with zero attached hydrogens (tertiary/aromatic N) is 1. The molecule has 0 spiro atoms. The highest BCUT2D eigenvalue weighted by molar-refractivity contribution is 6.89. The molecule has 0 aromatic rings. The van der Waals surface area contributed by atoms with E-state index in [0.29, 0.717) is 5.96 Å². The third-order valence-corrected chi connectivity index (χ3v) is 0.586. The highest BCUT2D eigenvalue weighted by Gasteiger charge is 1.84. The smallest absolute Gasteiger partial charge is 0.264 e. The normalized spacial score (nSPS) is 10.4. The third kappa shape index (κ3) is 2.61. The third-order valence-electron chi connectivity index (χ3n) is 0.586. The van der Waals surface area contributed by atoms with Gasteiger partial charge in [-0.3, -0.25) is 0 Å². The first kappa shape index (κ1) is 7.46. The van der Waals surface area contributed by atoms with Crippen molar-refractivity contribution in [3.05, 3.63) is 0 Å². The monoisotopic (exact) mass is 104 g/mol. The molecule has 0 rings (SSSR count). The molecule has 0 aliphatic rings. The summed E-state index contributed by atoms with van der Waals surface area (Å²) in [6, 6.07) is 0. The highest BCUT2D eigenvalue weighted by atomic mass is 15.1. The molecule has 0 saturated heterocycles. The van der Waals surface area contributed by atoms with E-state index in [1.165, 1.54) is 7.31 Å². The molecule has 8 heavy (non-hydrogen) atoms. The number of hydrogen-bond donors (Lipinski definition) is 2. The van der Waals surface area contributed by atoms with Gasteiger partial charge in [0.25, 0.3) is 7.98 Å². The summed E-state index contributed by atoms with van der Waals surface area (Å²) in [7, 11) is 12.7. The topological polar surface area (TPSA) is 36.4 Å². The van der Waals surface area contributed by atoms with Gasteiger partial charge in [0, 0.05) is 14.8 Å². The first-order chi connectivity index (χ1) is 3.85. The van der Waals surface area contributed by atoms with Gasteiger partial charge in [-0.15, -0.1) is 0 Å². The van der Waals surface area contributed by atoms with E-state index < -0.39 is 0 Å². The fraction of sp³-hybridized carbons (Fsp3) is 0.500. The van der Waals surface area contributed by atoms with Crippen molar-refractivity contribution < 1.29 is 0 Å². The fourth-order valence-electron chi connectivity index (χ4n) is 0.253. The van der Waals surface area contributed by atoms with Crippen molar-refractivity contribution >= 4 is 29.0 Å². The lowest BCUT2D eigenvalue weighted by molar-refractivity contribution is 1.12. The predicted molar refractivity (Wildman–Crippen MR) is 36.9 cm³/mol. The van der Waals surface area contributed by atoms with Crippen LogP contribution >= 0.6 is 0 Å². The molecule has 0 aliphatic heterocycles.